The maximum atomic E-state index is 12.6. The SMILES string of the molecule is CCCCCOc1ccc(NC(=O)[C@H]2CC(=O)N(c3ccc(C)cc3)C2)cc1. The fourth-order valence-electron chi connectivity index (χ4n) is 3.28. The van der Waals surface area contributed by atoms with Crippen LogP contribution >= 0.6 is 0 Å². The van der Waals surface area contributed by atoms with E-state index in [-0.39, 0.29) is 24.2 Å². The minimum absolute atomic E-state index is 0.0140. The summed E-state index contributed by atoms with van der Waals surface area (Å²) in [5.41, 5.74) is 2.70. The number of nitrogens with zero attached hydrogens (tertiary/aromatic N) is 1. The second kappa shape index (κ2) is 9.40. The molecule has 0 unspecified atom stereocenters. The molecule has 5 nitrogen and oxygen atoms in total. The van der Waals surface area contributed by atoms with E-state index in [9.17, 15) is 9.59 Å². The lowest BCUT2D eigenvalue weighted by molar-refractivity contribution is -0.122. The van der Waals surface area contributed by atoms with E-state index in [1.165, 1.54) is 6.42 Å². The van der Waals surface area contributed by atoms with Gasteiger partial charge >= 0.3 is 0 Å². The molecular weight excluding hydrogens is 352 g/mol. The van der Waals surface area contributed by atoms with Crippen LogP contribution in [0.5, 0.6) is 5.75 Å². The molecule has 0 aromatic heterocycles. The van der Waals surface area contributed by atoms with Gasteiger partial charge < -0.3 is 15.0 Å². The fraction of sp³-hybridized carbons (Fsp3) is 0.391. The number of aryl methyl sites for hydroxylation is 1. The van der Waals surface area contributed by atoms with Gasteiger partial charge in [-0.25, -0.2) is 0 Å². The molecule has 1 fully saturated rings. The van der Waals surface area contributed by atoms with Gasteiger partial charge in [0.2, 0.25) is 11.8 Å². The highest BCUT2D eigenvalue weighted by Gasteiger charge is 2.35. The number of unbranched alkanes of at least 4 members (excludes halogenated alkanes) is 2. The lowest BCUT2D eigenvalue weighted by atomic mass is 10.1. The molecule has 1 heterocycles. The van der Waals surface area contributed by atoms with E-state index in [2.05, 4.69) is 12.2 Å². The highest BCUT2D eigenvalue weighted by Crippen LogP contribution is 2.26. The summed E-state index contributed by atoms with van der Waals surface area (Å²) in [6.07, 6.45) is 3.60. The van der Waals surface area contributed by atoms with Gasteiger partial charge in [-0.3, -0.25) is 9.59 Å². The van der Waals surface area contributed by atoms with Crippen LogP contribution in [-0.4, -0.2) is 25.0 Å². The predicted molar refractivity (Wildman–Crippen MR) is 112 cm³/mol. The van der Waals surface area contributed by atoms with Gasteiger partial charge in [-0.15, -0.1) is 0 Å². The van der Waals surface area contributed by atoms with E-state index in [1.54, 1.807) is 4.90 Å². The Balaban J connectivity index is 1.53. The van der Waals surface area contributed by atoms with Gasteiger partial charge in [-0.2, -0.15) is 0 Å². The first-order chi connectivity index (χ1) is 13.6. The summed E-state index contributed by atoms with van der Waals surface area (Å²) in [5, 5.41) is 2.92. The van der Waals surface area contributed by atoms with Gasteiger partial charge in [-0.05, 0) is 49.7 Å². The number of ether oxygens (including phenoxy) is 1. The molecule has 2 aromatic rings. The third-order valence-corrected chi connectivity index (χ3v) is 4.98. The summed E-state index contributed by atoms with van der Waals surface area (Å²) in [5.74, 6) is 0.314. The molecule has 1 saturated heterocycles. The number of carbonyl (C=O) groups is 2. The van der Waals surface area contributed by atoms with Crippen LogP contribution < -0.4 is 15.0 Å². The van der Waals surface area contributed by atoms with E-state index < -0.39 is 0 Å². The molecule has 28 heavy (non-hydrogen) atoms. The monoisotopic (exact) mass is 380 g/mol. The zero-order chi connectivity index (χ0) is 19.9. The number of rotatable bonds is 8. The highest BCUT2D eigenvalue weighted by molar-refractivity contribution is 6.03. The molecule has 1 N–H and O–H groups in total. The molecule has 0 radical (unpaired) electrons. The van der Waals surface area contributed by atoms with Gasteiger partial charge in [0, 0.05) is 24.3 Å². The Bertz CT molecular complexity index is 800. The van der Waals surface area contributed by atoms with Crippen molar-refractivity contribution in [3.63, 3.8) is 0 Å². The van der Waals surface area contributed by atoms with E-state index in [1.807, 2.05) is 55.5 Å². The molecule has 0 aliphatic carbocycles. The second-order valence-electron chi connectivity index (χ2n) is 7.31. The van der Waals surface area contributed by atoms with Crippen molar-refractivity contribution in [3.8, 4) is 5.75 Å². The maximum absolute atomic E-state index is 12.6. The predicted octanol–water partition coefficient (Wildman–Crippen LogP) is 4.56. The van der Waals surface area contributed by atoms with Crippen LogP contribution in [0.1, 0.15) is 38.2 Å². The van der Waals surface area contributed by atoms with E-state index in [0.717, 1.165) is 29.8 Å². The average molecular weight is 380 g/mol. The van der Waals surface area contributed by atoms with Crippen LogP contribution in [0.15, 0.2) is 48.5 Å². The quantitative estimate of drug-likeness (QED) is 0.683. The first kappa shape index (κ1) is 19.9. The summed E-state index contributed by atoms with van der Waals surface area (Å²) in [4.78, 5) is 26.6. The lowest BCUT2D eigenvalue weighted by Gasteiger charge is -2.17. The van der Waals surface area contributed by atoms with Crippen LogP contribution in [0, 0.1) is 12.8 Å². The summed E-state index contributed by atoms with van der Waals surface area (Å²) in [7, 11) is 0. The van der Waals surface area contributed by atoms with Crippen LogP contribution in [0.3, 0.4) is 0 Å². The van der Waals surface area contributed by atoms with Crippen LogP contribution in [0.25, 0.3) is 0 Å². The van der Waals surface area contributed by atoms with Crippen molar-refractivity contribution in [2.45, 2.75) is 39.5 Å². The molecule has 3 rings (SSSR count). The number of amides is 2. The zero-order valence-electron chi connectivity index (χ0n) is 16.6. The first-order valence-corrected chi connectivity index (χ1v) is 9.97. The standard InChI is InChI=1S/C23H28N2O3/c1-3-4-5-14-28-21-12-8-19(9-13-21)24-23(27)18-15-22(26)25(16-18)20-10-6-17(2)7-11-20/h6-13,18H,3-5,14-16H2,1-2H3,(H,24,27)/t18-/m0/s1. The van der Waals surface area contributed by atoms with Gasteiger partial charge in [0.15, 0.2) is 0 Å². The summed E-state index contributed by atoms with van der Waals surface area (Å²) in [6, 6.07) is 15.2. The molecule has 0 spiro atoms. The molecule has 0 saturated carbocycles. The Hall–Kier alpha value is -2.82. The number of hydrogen-bond donors (Lipinski definition) is 1. The van der Waals surface area contributed by atoms with Crippen LogP contribution in [0.2, 0.25) is 0 Å². The molecule has 2 aromatic carbocycles. The largest absolute Gasteiger partial charge is 0.494 e. The number of anilines is 2. The second-order valence-corrected chi connectivity index (χ2v) is 7.31. The molecule has 1 aliphatic rings. The Morgan fingerprint density at radius 3 is 2.50 bits per heavy atom. The van der Waals surface area contributed by atoms with E-state index in [0.29, 0.717) is 18.8 Å². The minimum atomic E-state index is -0.348. The van der Waals surface area contributed by atoms with Crippen LogP contribution in [-0.2, 0) is 9.59 Å². The van der Waals surface area contributed by atoms with E-state index in [4.69, 9.17) is 4.74 Å². The third-order valence-electron chi connectivity index (χ3n) is 4.98. The highest BCUT2D eigenvalue weighted by atomic mass is 16.5. The van der Waals surface area contributed by atoms with Crippen molar-refractivity contribution >= 4 is 23.2 Å². The van der Waals surface area contributed by atoms with Crippen molar-refractivity contribution in [1.29, 1.82) is 0 Å². The normalized spacial score (nSPS) is 16.3. The Morgan fingerprint density at radius 1 is 1.11 bits per heavy atom. The number of carbonyl (C=O) groups excluding carboxylic acids is 2. The maximum Gasteiger partial charge on any atom is 0.229 e. The van der Waals surface area contributed by atoms with Gasteiger partial charge in [0.25, 0.3) is 0 Å². The van der Waals surface area contributed by atoms with Crippen molar-refractivity contribution < 1.29 is 14.3 Å². The topological polar surface area (TPSA) is 58.6 Å². The molecule has 1 atom stereocenters. The van der Waals surface area contributed by atoms with Crippen molar-refractivity contribution in [2.75, 3.05) is 23.4 Å². The van der Waals surface area contributed by atoms with E-state index >= 15 is 0 Å². The summed E-state index contributed by atoms with van der Waals surface area (Å²) >= 11 is 0. The lowest BCUT2D eigenvalue weighted by Crippen LogP contribution is -2.28. The van der Waals surface area contributed by atoms with Crippen molar-refractivity contribution in [3.05, 3.63) is 54.1 Å². The molecular formula is C23H28N2O3. The summed E-state index contributed by atoms with van der Waals surface area (Å²) < 4.78 is 5.69. The molecule has 148 valence electrons. The Kier molecular flexibility index (Phi) is 6.69. The smallest absolute Gasteiger partial charge is 0.229 e. The Labute approximate surface area is 166 Å². The van der Waals surface area contributed by atoms with Gasteiger partial charge in [0.05, 0.1) is 12.5 Å². The van der Waals surface area contributed by atoms with Gasteiger partial charge in [-0.1, -0.05) is 37.5 Å². The van der Waals surface area contributed by atoms with Crippen molar-refractivity contribution in [1.82, 2.24) is 0 Å². The van der Waals surface area contributed by atoms with Gasteiger partial charge in [0.1, 0.15) is 5.75 Å². The fourth-order valence-corrected chi connectivity index (χ4v) is 3.28. The molecule has 5 heteroatoms. The number of nitrogens with one attached hydrogen (secondary N) is 1. The Morgan fingerprint density at radius 2 is 1.82 bits per heavy atom. The van der Waals surface area contributed by atoms with Crippen molar-refractivity contribution in [2.24, 2.45) is 5.92 Å². The average Bonchev–Trinajstić information content (AvgIpc) is 3.09. The number of benzene rings is 2. The molecule has 1 aliphatic heterocycles. The molecule has 2 amide bonds. The summed E-state index contributed by atoms with van der Waals surface area (Å²) in [6.45, 7) is 5.29. The number of hydrogen-bond acceptors (Lipinski definition) is 3. The van der Waals surface area contributed by atoms with Crippen LogP contribution in [0.4, 0.5) is 11.4 Å². The third kappa shape index (κ3) is 5.12. The zero-order valence-corrected chi connectivity index (χ0v) is 16.6. The first-order valence-electron chi connectivity index (χ1n) is 9.97. The minimum Gasteiger partial charge on any atom is -0.494 e. The molecule has 0 bridgehead atoms.